The van der Waals surface area contributed by atoms with Gasteiger partial charge in [0.05, 0.1) is 12.7 Å². The van der Waals surface area contributed by atoms with Crippen LogP contribution in [0.2, 0.25) is 0 Å². The number of thioether (sulfide) groups is 1. The highest BCUT2D eigenvalue weighted by molar-refractivity contribution is 8.13. The van der Waals surface area contributed by atoms with Crippen molar-refractivity contribution in [3.63, 3.8) is 0 Å². The van der Waals surface area contributed by atoms with Gasteiger partial charge in [0.2, 0.25) is 0 Å². The van der Waals surface area contributed by atoms with E-state index in [9.17, 15) is 4.79 Å². The van der Waals surface area contributed by atoms with Crippen molar-refractivity contribution >= 4 is 40.0 Å². The van der Waals surface area contributed by atoms with Gasteiger partial charge in [-0.2, -0.15) is 5.10 Å². The number of hydrogen-bond acceptors (Lipinski definition) is 9. The molecule has 2 aromatic rings. The van der Waals surface area contributed by atoms with Gasteiger partial charge in [-0.05, 0) is 25.5 Å². The van der Waals surface area contributed by atoms with E-state index in [1.54, 1.807) is 29.3 Å². The number of thiazole rings is 1. The number of amides is 1. The van der Waals surface area contributed by atoms with E-state index in [2.05, 4.69) is 27.4 Å². The number of nitrogens with one attached hydrogen (secondary N) is 1. The first kappa shape index (κ1) is 17.4. The fraction of sp³-hybridized carbons (Fsp3) is 0.438. The van der Waals surface area contributed by atoms with Crippen molar-refractivity contribution in [2.24, 2.45) is 16.6 Å². The molecule has 8 nitrogen and oxygen atoms in total. The molecule has 1 fully saturated rings. The summed E-state index contributed by atoms with van der Waals surface area (Å²) in [6.45, 7) is 2.52. The quantitative estimate of drug-likeness (QED) is 0.822. The van der Waals surface area contributed by atoms with Crippen molar-refractivity contribution in [2.75, 3.05) is 17.7 Å². The molecule has 0 spiro atoms. The van der Waals surface area contributed by atoms with Crippen LogP contribution in [0.3, 0.4) is 0 Å². The number of carbonyl (C=O) groups excluding carboxylic acids is 1. The van der Waals surface area contributed by atoms with Crippen LogP contribution in [0.1, 0.15) is 28.8 Å². The normalized spacial score (nSPS) is 28.1. The highest BCUT2D eigenvalue weighted by atomic mass is 32.2. The summed E-state index contributed by atoms with van der Waals surface area (Å²) in [5.41, 5.74) is 5.68. The lowest BCUT2D eigenvalue weighted by Crippen LogP contribution is -2.49. The van der Waals surface area contributed by atoms with Crippen molar-refractivity contribution in [1.29, 1.82) is 0 Å². The number of aliphatic imine (C=N–C) groups is 1. The molecule has 4 rings (SSSR count). The number of nitrogens with zero attached hydrogens (tertiary/aromatic N) is 4. The summed E-state index contributed by atoms with van der Waals surface area (Å²) >= 11 is 3.04. The lowest BCUT2D eigenvalue weighted by Gasteiger charge is -2.44. The number of fused-ring (bicyclic) bond motifs is 1. The molecular weight excluding hydrogens is 372 g/mol. The van der Waals surface area contributed by atoms with Gasteiger partial charge in [0.15, 0.2) is 10.9 Å². The molecule has 2 aromatic heterocycles. The standard InChI is InChI=1S/C16H18N6O2S2/c1-9-5-10-6-26-15(17)21-16(10,8-24-9)14-20-12(7-25-14)19-13(23)11-3-2-4-18-22-11/h2-4,7,9-10H,5-6,8H2,1H3,(H2,17,21)(H,19,23)/t9-,10-,16?/m0/s1. The zero-order valence-electron chi connectivity index (χ0n) is 14.1. The zero-order chi connectivity index (χ0) is 18.1. The van der Waals surface area contributed by atoms with Crippen LogP contribution in [0.4, 0.5) is 5.82 Å². The highest BCUT2D eigenvalue weighted by Crippen LogP contribution is 2.46. The minimum Gasteiger partial charge on any atom is -0.379 e. The summed E-state index contributed by atoms with van der Waals surface area (Å²) in [7, 11) is 0. The van der Waals surface area contributed by atoms with Gasteiger partial charge in [0.25, 0.3) is 5.91 Å². The fourth-order valence-corrected chi connectivity index (χ4v) is 5.18. The van der Waals surface area contributed by atoms with Crippen LogP contribution in [-0.4, -0.2) is 44.7 Å². The van der Waals surface area contributed by atoms with Gasteiger partial charge in [-0.3, -0.25) is 4.79 Å². The minimum absolute atomic E-state index is 0.194. The van der Waals surface area contributed by atoms with Crippen LogP contribution in [-0.2, 0) is 10.3 Å². The van der Waals surface area contributed by atoms with Gasteiger partial charge >= 0.3 is 0 Å². The SMILES string of the molecule is C[C@H]1C[C@H]2CSC(N)=NC2(c2nc(NC(=O)c3cccnn3)cs2)CO1. The van der Waals surface area contributed by atoms with Crippen LogP contribution in [0.15, 0.2) is 28.7 Å². The van der Waals surface area contributed by atoms with E-state index in [1.807, 2.05) is 0 Å². The number of ether oxygens (including phenoxy) is 1. The smallest absolute Gasteiger partial charge is 0.277 e. The maximum Gasteiger partial charge on any atom is 0.277 e. The Balaban J connectivity index is 1.60. The molecule has 0 aromatic carbocycles. The predicted molar refractivity (Wildman–Crippen MR) is 101 cm³/mol. The number of amidine groups is 1. The van der Waals surface area contributed by atoms with Crippen molar-refractivity contribution in [2.45, 2.75) is 25.0 Å². The van der Waals surface area contributed by atoms with Gasteiger partial charge < -0.3 is 15.8 Å². The minimum atomic E-state index is -0.567. The fourth-order valence-electron chi connectivity index (χ4n) is 3.21. The third-order valence-electron chi connectivity index (χ3n) is 4.54. The molecule has 4 heterocycles. The molecule has 0 saturated carbocycles. The van der Waals surface area contributed by atoms with Crippen LogP contribution >= 0.6 is 23.1 Å². The Morgan fingerprint density at radius 3 is 3.19 bits per heavy atom. The number of rotatable bonds is 3. The Labute approximate surface area is 158 Å². The molecule has 136 valence electrons. The summed E-state index contributed by atoms with van der Waals surface area (Å²) in [6.07, 6.45) is 2.62. The molecule has 0 radical (unpaired) electrons. The van der Waals surface area contributed by atoms with E-state index in [-0.39, 0.29) is 17.7 Å². The van der Waals surface area contributed by atoms with E-state index in [0.29, 0.717) is 23.5 Å². The van der Waals surface area contributed by atoms with Crippen molar-refractivity contribution in [3.05, 3.63) is 34.4 Å². The average Bonchev–Trinajstić information content (AvgIpc) is 3.12. The lowest BCUT2D eigenvalue weighted by atomic mass is 9.80. The Bertz CT molecular complexity index is 842. The monoisotopic (exact) mass is 390 g/mol. The number of aromatic nitrogens is 3. The highest BCUT2D eigenvalue weighted by Gasteiger charge is 2.49. The van der Waals surface area contributed by atoms with Gasteiger partial charge in [-0.25, -0.2) is 9.98 Å². The molecule has 1 saturated heterocycles. The summed E-state index contributed by atoms with van der Waals surface area (Å²) < 4.78 is 5.90. The van der Waals surface area contributed by atoms with Crippen LogP contribution in [0, 0.1) is 5.92 Å². The third kappa shape index (κ3) is 3.19. The molecule has 2 aliphatic heterocycles. The first-order chi connectivity index (χ1) is 12.6. The molecule has 3 N–H and O–H groups in total. The second-order valence-electron chi connectivity index (χ2n) is 6.34. The van der Waals surface area contributed by atoms with Gasteiger partial charge in [0, 0.05) is 23.2 Å². The van der Waals surface area contributed by atoms with Crippen molar-refractivity contribution in [3.8, 4) is 0 Å². The van der Waals surface area contributed by atoms with E-state index >= 15 is 0 Å². The average molecular weight is 390 g/mol. The van der Waals surface area contributed by atoms with E-state index < -0.39 is 5.54 Å². The summed E-state index contributed by atoms with van der Waals surface area (Å²) in [4.78, 5) is 21.6. The van der Waals surface area contributed by atoms with Crippen LogP contribution in [0.5, 0.6) is 0 Å². The molecule has 1 amide bonds. The molecule has 26 heavy (non-hydrogen) atoms. The van der Waals surface area contributed by atoms with Gasteiger partial charge in [-0.1, -0.05) is 11.8 Å². The Morgan fingerprint density at radius 1 is 1.50 bits per heavy atom. The number of hydrogen-bond donors (Lipinski definition) is 2. The lowest BCUT2D eigenvalue weighted by molar-refractivity contribution is -0.0466. The number of nitrogens with two attached hydrogens (primary N) is 1. The molecule has 1 unspecified atom stereocenters. The van der Waals surface area contributed by atoms with Crippen LogP contribution in [0.25, 0.3) is 0 Å². The first-order valence-corrected chi connectivity index (χ1v) is 10.1. The largest absolute Gasteiger partial charge is 0.379 e. The van der Waals surface area contributed by atoms with E-state index in [0.717, 1.165) is 17.2 Å². The maximum atomic E-state index is 12.3. The molecule has 3 atom stereocenters. The summed E-state index contributed by atoms with van der Waals surface area (Å²) in [5, 5.41) is 13.5. The molecule has 10 heteroatoms. The topological polar surface area (TPSA) is 115 Å². The molecule has 2 aliphatic rings. The van der Waals surface area contributed by atoms with Crippen LogP contribution < -0.4 is 11.1 Å². The van der Waals surface area contributed by atoms with E-state index in [4.69, 9.17) is 15.5 Å². The summed E-state index contributed by atoms with van der Waals surface area (Å²) in [6, 6.07) is 3.26. The third-order valence-corrected chi connectivity index (χ3v) is 6.51. The second-order valence-corrected chi connectivity index (χ2v) is 8.24. The van der Waals surface area contributed by atoms with E-state index in [1.165, 1.54) is 17.5 Å². The Morgan fingerprint density at radius 2 is 2.38 bits per heavy atom. The maximum absolute atomic E-state index is 12.3. The zero-order valence-corrected chi connectivity index (χ0v) is 15.7. The summed E-state index contributed by atoms with van der Waals surface area (Å²) in [5.74, 6) is 1.32. The first-order valence-electron chi connectivity index (χ1n) is 8.21. The number of carbonyl (C=O) groups is 1. The Hall–Kier alpha value is -2.04. The second kappa shape index (κ2) is 6.93. The molecular formula is C16H18N6O2S2. The Kier molecular flexibility index (Phi) is 4.63. The number of anilines is 1. The predicted octanol–water partition coefficient (Wildman–Crippen LogP) is 1.87. The van der Waals surface area contributed by atoms with Crippen molar-refractivity contribution in [1.82, 2.24) is 15.2 Å². The van der Waals surface area contributed by atoms with Gasteiger partial charge in [-0.15, -0.1) is 16.4 Å². The molecule has 0 bridgehead atoms. The van der Waals surface area contributed by atoms with Gasteiger partial charge in [0.1, 0.15) is 16.4 Å². The van der Waals surface area contributed by atoms with Crippen molar-refractivity contribution < 1.29 is 9.53 Å². The molecule has 0 aliphatic carbocycles.